The van der Waals surface area contributed by atoms with Crippen molar-refractivity contribution in [2.24, 2.45) is 0 Å². The number of hydrogen-bond donors (Lipinski definition) is 4. The monoisotopic (exact) mass is 334 g/mol. The molecule has 4 rings (SSSR count). The number of anilines is 1. The molecule has 1 amide bonds. The van der Waals surface area contributed by atoms with E-state index in [-0.39, 0.29) is 5.91 Å². The summed E-state index contributed by atoms with van der Waals surface area (Å²) < 4.78 is 7.30. The Kier molecular flexibility index (Phi) is 3.36. The van der Waals surface area contributed by atoms with Gasteiger partial charge in [0.2, 0.25) is 5.91 Å². The molecule has 4 N–H and O–H groups in total. The van der Waals surface area contributed by atoms with Crippen LogP contribution in [0.2, 0.25) is 0 Å². The first-order valence-electron chi connectivity index (χ1n) is 7.74. The fraction of sp³-hybridized carbons (Fsp3) is 0.533. The van der Waals surface area contributed by atoms with Crippen LogP contribution in [-0.2, 0) is 16.0 Å². The summed E-state index contributed by atoms with van der Waals surface area (Å²) in [6.07, 6.45) is 0.874. The molecule has 0 bridgehead atoms. The highest BCUT2D eigenvalue weighted by Gasteiger charge is 2.53. The van der Waals surface area contributed by atoms with Gasteiger partial charge >= 0.3 is 0 Å². The molecule has 2 aliphatic rings. The number of aromatic nitrogens is 3. The van der Waals surface area contributed by atoms with Gasteiger partial charge in [0, 0.05) is 12.6 Å². The van der Waals surface area contributed by atoms with E-state index in [9.17, 15) is 20.1 Å². The SMILES string of the molecule is CC1(O)[C@H](O)[C@@H](CO)O[C@H]1n1cc2c3c(ncnc31)NC(=O)CC2. The van der Waals surface area contributed by atoms with E-state index in [1.807, 2.05) is 0 Å². The predicted molar refractivity (Wildman–Crippen MR) is 82.1 cm³/mol. The van der Waals surface area contributed by atoms with Crippen LogP contribution in [0.4, 0.5) is 5.82 Å². The van der Waals surface area contributed by atoms with Gasteiger partial charge in [0.05, 0.1) is 12.0 Å². The molecule has 1 saturated heterocycles. The van der Waals surface area contributed by atoms with Crippen LogP contribution in [-0.4, -0.2) is 60.2 Å². The van der Waals surface area contributed by atoms with Crippen molar-refractivity contribution >= 4 is 22.8 Å². The molecule has 128 valence electrons. The van der Waals surface area contributed by atoms with Crippen molar-refractivity contribution in [1.82, 2.24) is 14.5 Å². The number of nitrogens with one attached hydrogen (secondary N) is 1. The van der Waals surface area contributed by atoms with Gasteiger partial charge < -0.3 is 29.9 Å². The van der Waals surface area contributed by atoms with Crippen molar-refractivity contribution in [3.63, 3.8) is 0 Å². The van der Waals surface area contributed by atoms with E-state index in [0.29, 0.717) is 29.7 Å². The maximum Gasteiger partial charge on any atom is 0.225 e. The Balaban J connectivity index is 1.87. The number of aryl methyl sites for hydroxylation is 1. The fourth-order valence-electron chi connectivity index (χ4n) is 3.46. The zero-order chi connectivity index (χ0) is 17.1. The molecule has 0 aliphatic carbocycles. The van der Waals surface area contributed by atoms with Gasteiger partial charge in [-0.1, -0.05) is 0 Å². The smallest absolute Gasteiger partial charge is 0.225 e. The molecule has 0 radical (unpaired) electrons. The highest BCUT2D eigenvalue weighted by Crippen LogP contribution is 2.41. The minimum atomic E-state index is -1.60. The molecule has 2 aromatic rings. The Bertz CT molecular complexity index is 818. The Morgan fingerprint density at radius 3 is 2.96 bits per heavy atom. The van der Waals surface area contributed by atoms with Crippen LogP contribution < -0.4 is 5.32 Å². The van der Waals surface area contributed by atoms with E-state index in [2.05, 4.69) is 15.3 Å². The summed E-state index contributed by atoms with van der Waals surface area (Å²) >= 11 is 0. The lowest BCUT2D eigenvalue weighted by Crippen LogP contribution is -2.44. The molecule has 1 unspecified atom stereocenters. The first kappa shape index (κ1) is 15.5. The third-order valence-electron chi connectivity index (χ3n) is 4.75. The van der Waals surface area contributed by atoms with Crippen LogP contribution in [0.3, 0.4) is 0 Å². The number of amides is 1. The van der Waals surface area contributed by atoms with Crippen molar-refractivity contribution in [2.75, 3.05) is 11.9 Å². The van der Waals surface area contributed by atoms with Gasteiger partial charge in [-0.2, -0.15) is 0 Å². The number of hydrogen-bond acceptors (Lipinski definition) is 7. The van der Waals surface area contributed by atoms with Gasteiger partial charge in [-0.25, -0.2) is 9.97 Å². The molecule has 1 fully saturated rings. The summed E-state index contributed by atoms with van der Waals surface area (Å²) in [5, 5.41) is 33.7. The second kappa shape index (κ2) is 5.21. The van der Waals surface area contributed by atoms with E-state index in [1.165, 1.54) is 13.3 Å². The van der Waals surface area contributed by atoms with Crippen LogP contribution in [0, 0.1) is 0 Å². The van der Waals surface area contributed by atoms with Crippen molar-refractivity contribution in [1.29, 1.82) is 0 Å². The molecule has 9 heteroatoms. The van der Waals surface area contributed by atoms with Gasteiger partial charge in [0.1, 0.15) is 35.6 Å². The van der Waals surface area contributed by atoms with Gasteiger partial charge in [0.25, 0.3) is 0 Å². The summed E-state index contributed by atoms with van der Waals surface area (Å²) in [5.74, 6) is 0.311. The highest BCUT2D eigenvalue weighted by atomic mass is 16.6. The Morgan fingerprint density at radius 1 is 1.46 bits per heavy atom. The molecule has 4 heterocycles. The lowest BCUT2D eigenvalue weighted by molar-refractivity contribution is -0.116. The first-order chi connectivity index (χ1) is 11.4. The van der Waals surface area contributed by atoms with E-state index in [1.54, 1.807) is 10.8 Å². The van der Waals surface area contributed by atoms with Crippen LogP contribution in [0.5, 0.6) is 0 Å². The minimum absolute atomic E-state index is 0.113. The molecule has 0 spiro atoms. The fourth-order valence-corrected chi connectivity index (χ4v) is 3.46. The molecular formula is C15H18N4O5. The highest BCUT2D eigenvalue weighted by molar-refractivity contribution is 6.02. The summed E-state index contributed by atoms with van der Waals surface area (Å²) in [5.41, 5.74) is -0.247. The number of ether oxygens (including phenoxy) is 1. The quantitative estimate of drug-likeness (QED) is 0.572. The van der Waals surface area contributed by atoms with E-state index in [4.69, 9.17) is 4.74 Å². The van der Waals surface area contributed by atoms with Crippen LogP contribution in [0.15, 0.2) is 12.5 Å². The van der Waals surface area contributed by atoms with Crippen LogP contribution >= 0.6 is 0 Å². The number of carbonyl (C=O) groups is 1. The molecule has 4 atom stereocenters. The number of aliphatic hydroxyl groups excluding tert-OH is 2. The third kappa shape index (κ3) is 2.06. The van der Waals surface area contributed by atoms with Crippen LogP contribution in [0.25, 0.3) is 11.0 Å². The lowest BCUT2D eigenvalue weighted by atomic mass is 9.96. The first-order valence-corrected chi connectivity index (χ1v) is 7.74. The normalized spacial score (nSPS) is 32.8. The topological polar surface area (TPSA) is 130 Å². The zero-order valence-corrected chi connectivity index (χ0v) is 13.0. The number of nitrogens with zero attached hydrogens (tertiary/aromatic N) is 3. The molecule has 9 nitrogen and oxygen atoms in total. The maximum absolute atomic E-state index is 11.8. The Labute approximate surface area is 136 Å². The summed E-state index contributed by atoms with van der Waals surface area (Å²) in [7, 11) is 0. The Hall–Kier alpha value is -2.07. The van der Waals surface area contributed by atoms with E-state index in [0.717, 1.165) is 5.56 Å². The number of carbonyl (C=O) groups excluding carboxylic acids is 1. The lowest BCUT2D eigenvalue weighted by Gasteiger charge is -2.27. The molecular weight excluding hydrogens is 316 g/mol. The van der Waals surface area contributed by atoms with Crippen molar-refractivity contribution in [2.45, 2.75) is 43.8 Å². The van der Waals surface area contributed by atoms with E-state index < -0.39 is 30.6 Å². The summed E-state index contributed by atoms with van der Waals surface area (Å²) in [4.78, 5) is 20.1. The molecule has 0 aromatic carbocycles. The number of aliphatic hydroxyl groups is 3. The molecule has 0 saturated carbocycles. The average molecular weight is 334 g/mol. The third-order valence-corrected chi connectivity index (χ3v) is 4.75. The molecule has 2 aromatic heterocycles. The predicted octanol–water partition coefficient (Wildman–Crippen LogP) is -0.682. The zero-order valence-electron chi connectivity index (χ0n) is 13.0. The minimum Gasteiger partial charge on any atom is -0.394 e. The van der Waals surface area contributed by atoms with Crippen molar-refractivity contribution in [3.8, 4) is 0 Å². The number of rotatable bonds is 2. The Morgan fingerprint density at radius 2 is 2.25 bits per heavy atom. The summed E-state index contributed by atoms with van der Waals surface area (Å²) in [6.45, 7) is 1.05. The van der Waals surface area contributed by atoms with Crippen LogP contribution in [0.1, 0.15) is 25.1 Å². The van der Waals surface area contributed by atoms with Gasteiger partial charge in [-0.15, -0.1) is 0 Å². The van der Waals surface area contributed by atoms with Crippen molar-refractivity contribution in [3.05, 3.63) is 18.1 Å². The summed E-state index contributed by atoms with van der Waals surface area (Å²) in [6, 6.07) is 0. The van der Waals surface area contributed by atoms with Gasteiger partial charge in [-0.3, -0.25) is 4.79 Å². The van der Waals surface area contributed by atoms with E-state index >= 15 is 0 Å². The molecule has 2 aliphatic heterocycles. The second-order valence-corrected chi connectivity index (χ2v) is 6.41. The van der Waals surface area contributed by atoms with Gasteiger partial charge in [0.15, 0.2) is 6.23 Å². The average Bonchev–Trinajstić information content (AvgIpc) is 2.95. The second-order valence-electron chi connectivity index (χ2n) is 6.41. The molecule has 24 heavy (non-hydrogen) atoms. The largest absolute Gasteiger partial charge is 0.394 e. The van der Waals surface area contributed by atoms with Gasteiger partial charge in [-0.05, 0) is 18.9 Å². The standard InChI is InChI=1S/C15H18N4O5/c1-15(23)11(22)8(5-20)24-14(15)19-4-7-2-3-9(21)18-12-10(7)13(19)17-6-16-12/h4,6,8,11,14,20,22-23H,2-3,5H2,1H3,(H,16,17,18,21)/t8-,11-,14-,15?/m1/s1. The van der Waals surface area contributed by atoms with Crippen molar-refractivity contribution < 1.29 is 24.9 Å². The maximum atomic E-state index is 11.8.